The minimum absolute atomic E-state index is 0.179. The molecule has 1 aliphatic rings. The van der Waals surface area contributed by atoms with Crippen molar-refractivity contribution in [3.63, 3.8) is 0 Å². The summed E-state index contributed by atoms with van der Waals surface area (Å²) < 4.78 is 7.42. The van der Waals surface area contributed by atoms with E-state index in [0.29, 0.717) is 16.6 Å². The Morgan fingerprint density at radius 3 is 2.70 bits per heavy atom. The van der Waals surface area contributed by atoms with Gasteiger partial charge in [0, 0.05) is 26.2 Å². The van der Waals surface area contributed by atoms with Crippen LogP contribution in [-0.4, -0.2) is 32.7 Å². The fourth-order valence-corrected chi connectivity index (χ4v) is 2.83. The highest BCUT2D eigenvalue weighted by atomic mass is 35.5. The first-order valence-electron chi connectivity index (χ1n) is 6.44. The maximum Gasteiger partial charge on any atom is 0.223 e. The second kappa shape index (κ2) is 5.68. The van der Waals surface area contributed by atoms with E-state index in [1.807, 2.05) is 11.6 Å². The first kappa shape index (κ1) is 13.8. The van der Waals surface area contributed by atoms with Gasteiger partial charge in [-0.2, -0.15) is 0 Å². The lowest BCUT2D eigenvalue weighted by atomic mass is 9.99. The van der Waals surface area contributed by atoms with Crippen LogP contribution in [0.15, 0.2) is 12.4 Å². The summed E-state index contributed by atoms with van der Waals surface area (Å²) in [6, 6.07) is 0. The molecule has 1 saturated heterocycles. The van der Waals surface area contributed by atoms with Crippen LogP contribution in [0.3, 0.4) is 0 Å². The second-order valence-electron chi connectivity index (χ2n) is 4.78. The van der Waals surface area contributed by atoms with Crippen molar-refractivity contribution in [3.8, 4) is 11.4 Å². The molecule has 3 heterocycles. The van der Waals surface area contributed by atoms with Crippen LogP contribution in [0.2, 0.25) is 10.3 Å². The zero-order valence-corrected chi connectivity index (χ0v) is 12.5. The predicted octanol–water partition coefficient (Wildman–Crippen LogP) is 3.08. The van der Waals surface area contributed by atoms with Crippen LogP contribution < -0.4 is 0 Å². The largest absolute Gasteiger partial charge is 0.381 e. The molecular weight excluding hydrogens is 299 g/mol. The third-order valence-corrected chi connectivity index (χ3v) is 4.03. The number of ether oxygens (including phenoxy) is 1. The van der Waals surface area contributed by atoms with Gasteiger partial charge in [-0.05, 0) is 24.4 Å². The van der Waals surface area contributed by atoms with Gasteiger partial charge in [0.1, 0.15) is 11.5 Å². The van der Waals surface area contributed by atoms with Gasteiger partial charge in [0.05, 0.1) is 23.1 Å². The Kier molecular flexibility index (Phi) is 3.92. The fourth-order valence-electron chi connectivity index (χ4n) is 2.50. The molecule has 106 valence electrons. The third-order valence-electron chi connectivity index (χ3n) is 3.57. The van der Waals surface area contributed by atoms with Gasteiger partial charge in [-0.3, -0.25) is 0 Å². The quantitative estimate of drug-likeness (QED) is 0.800. The Morgan fingerprint density at radius 2 is 1.95 bits per heavy atom. The summed E-state index contributed by atoms with van der Waals surface area (Å²) in [6.45, 7) is 1.57. The van der Waals surface area contributed by atoms with Crippen molar-refractivity contribution in [2.75, 3.05) is 13.2 Å². The van der Waals surface area contributed by atoms with Crippen LogP contribution in [0.25, 0.3) is 11.4 Å². The molecule has 1 aliphatic heterocycles. The Balaban J connectivity index is 1.99. The zero-order chi connectivity index (χ0) is 14.1. The molecule has 0 aliphatic carbocycles. The fraction of sp³-hybridized carbons (Fsp3) is 0.462. The molecule has 3 rings (SSSR count). The number of aromatic nitrogens is 4. The molecule has 0 spiro atoms. The molecule has 2 aromatic rings. The molecule has 0 amide bonds. The molecule has 0 N–H and O–H groups in total. The minimum atomic E-state index is 0.179. The average molecular weight is 313 g/mol. The monoisotopic (exact) mass is 312 g/mol. The molecule has 5 nitrogen and oxygen atoms in total. The maximum atomic E-state index is 6.15. The van der Waals surface area contributed by atoms with Crippen LogP contribution in [-0.2, 0) is 11.8 Å². The highest BCUT2D eigenvalue weighted by molar-refractivity contribution is 6.33. The van der Waals surface area contributed by atoms with Gasteiger partial charge in [0.15, 0.2) is 0 Å². The first-order valence-corrected chi connectivity index (χ1v) is 7.20. The van der Waals surface area contributed by atoms with Gasteiger partial charge in [-0.1, -0.05) is 11.6 Å². The Bertz CT molecular complexity index is 623. The molecule has 0 saturated carbocycles. The minimum Gasteiger partial charge on any atom is -0.381 e. The zero-order valence-electron chi connectivity index (χ0n) is 11.0. The van der Waals surface area contributed by atoms with Gasteiger partial charge in [0.25, 0.3) is 0 Å². The molecule has 0 aromatic carbocycles. The number of rotatable bonds is 2. The molecule has 2 aromatic heterocycles. The predicted molar refractivity (Wildman–Crippen MR) is 77.0 cm³/mol. The summed E-state index contributed by atoms with van der Waals surface area (Å²) >= 11 is 12.0. The van der Waals surface area contributed by atoms with Crippen molar-refractivity contribution in [1.82, 2.24) is 19.5 Å². The van der Waals surface area contributed by atoms with Crippen LogP contribution in [0.5, 0.6) is 0 Å². The lowest BCUT2D eigenvalue weighted by Crippen LogP contribution is -2.17. The van der Waals surface area contributed by atoms with Crippen LogP contribution in [0, 0.1) is 0 Å². The highest BCUT2D eigenvalue weighted by Gasteiger charge is 2.22. The SMILES string of the molecule is Cn1c(-c2nc(Cl)ncc2Cl)cnc1C1CCOCC1. The lowest BCUT2D eigenvalue weighted by Gasteiger charge is -2.21. The van der Waals surface area contributed by atoms with Gasteiger partial charge in [-0.15, -0.1) is 0 Å². The summed E-state index contributed by atoms with van der Waals surface area (Å²) in [7, 11) is 1.97. The summed E-state index contributed by atoms with van der Waals surface area (Å²) in [4.78, 5) is 12.6. The van der Waals surface area contributed by atoms with Crippen molar-refractivity contribution < 1.29 is 4.74 Å². The highest BCUT2D eigenvalue weighted by Crippen LogP contribution is 2.31. The molecule has 0 bridgehead atoms. The number of imidazole rings is 1. The average Bonchev–Trinajstić information content (AvgIpc) is 2.84. The Labute approximate surface area is 126 Å². The summed E-state index contributed by atoms with van der Waals surface area (Å²) in [5, 5.41) is 0.647. The van der Waals surface area contributed by atoms with Gasteiger partial charge >= 0.3 is 0 Å². The number of halogens is 2. The summed E-state index contributed by atoms with van der Waals surface area (Å²) in [5.74, 6) is 1.45. The van der Waals surface area contributed by atoms with Gasteiger partial charge in [-0.25, -0.2) is 15.0 Å². The smallest absolute Gasteiger partial charge is 0.223 e. The summed E-state index contributed by atoms with van der Waals surface area (Å²) in [6.07, 6.45) is 5.27. The van der Waals surface area contributed by atoms with E-state index < -0.39 is 0 Å². The van der Waals surface area contributed by atoms with E-state index in [1.54, 1.807) is 6.20 Å². The Morgan fingerprint density at radius 1 is 1.20 bits per heavy atom. The number of hydrogen-bond donors (Lipinski definition) is 0. The molecular formula is C13H14Cl2N4O. The number of hydrogen-bond acceptors (Lipinski definition) is 4. The van der Waals surface area contributed by atoms with Crippen LogP contribution in [0.1, 0.15) is 24.6 Å². The van der Waals surface area contributed by atoms with E-state index in [0.717, 1.165) is 37.6 Å². The van der Waals surface area contributed by atoms with Crippen LogP contribution in [0.4, 0.5) is 0 Å². The topological polar surface area (TPSA) is 52.8 Å². The van der Waals surface area contributed by atoms with E-state index in [1.165, 1.54) is 6.20 Å². The van der Waals surface area contributed by atoms with Crippen molar-refractivity contribution in [3.05, 3.63) is 28.5 Å². The molecule has 0 unspecified atom stereocenters. The standard InChI is InChI=1S/C13H14Cl2N4O/c1-19-10(11-9(14)6-17-13(15)18-11)7-16-12(19)8-2-4-20-5-3-8/h6-8H,2-5H2,1H3. The van der Waals surface area contributed by atoms with E-state index in [-0.39, 0.29) is 5.28 Å². The van der Waals surface area contributed by atoms with Gasteiger partial charge < -0.3 is 9.30 Å². The maximum absolute atomic E-state index is 6.15. The van der Waals surface area contributed by atoms with Crippen molar-refractivity contribution >= 4 is 23.2 Å². The molecule has 0 radical (unpaired) electrons. The van der Waals surface area contributed by atoms with Crippen LogP contribution >= 0.6 is 23.2 Å². The Hall–Kier alpha value is -1.17. The second-order valence-corrected chi connectivity index (χ2v) is 5.53. The van der Waals surface area contributed by atoms with Crippen molar-refractivity contribution in [2.45, 2.75) is 18.8 Å². The molecule has 1 fully saturated rings. The van der Waals surface area contributed by atoms with E-state index >= 15 is 0 Å². The van der Waals surface area contributed by atoms with Crippen molar-refractivity contribution in [1.29, 1.82) is 0 Å². The number of nitrogens with zero attached hydrogens (tertiary/aromatic N) is 4. The molecule has 7 heteroatoms. The first-order chi connectivity index (χ1) is 9.66. The van der Waals surface area contributed by atoms with Crippen molar-refractivity contribution in [2.24, 2.45) is 7.05 Å². The molecule has 0 atom stereocenters. The summed E-state index contributed by atoms with van der Waals surface area (Å²) in [5.41, 5.74) is 1.46. The third kappa shape index (κ3) is 2.53. The van der Waals surface area contributed by atoms with E-state index in [2.05, 4.69) is 15.0 Å². The molecule has 20 heavy (non-hydrogen) atoms. The van der Waals surface area contributed by atoms with E-state index in [4.69, 9.17) is 27.9 Å². The normalized spacial score (nSPS) is 16.6. The van der Waals surface area contributed by atoms with E-state index in [9.17, 15) is 0 Å². The lowest BCUT2D eigenvalue weighted by molar-refractivity contribution is 0.0830. The van der Waals surface area contributed by atoms with Gasteiger partial charge in [0.2, 0.25) is 5.28 Å².